The van der Waals surface area contributed by atoms with E-state index in [0.29, 0.717) is 170 Å². The van der Waals surface area contributed by atoms with E-state index in [1.54, 1.807) is 11.3 Å². The highest BCUT2D eigenvalue weighted by molar-refractivity contribution is 7.13. The molecule has 0 radical (unpaired) electrons. The summed E-state index contributed by atoms with van der Waals surface area (Å²) in [6.07, 6.45) is 7.07. The number of unbranched alkanes of at least 4 members (excludes halogenated alkanes) is 2. The molecule has 3 amide bonds. The zero-order chi connectivity index (χ0) is 51.6. The molecule has 2 heterocycles. The van der Waals surface area contributed by atoms with E-state index in [1.807, 2.05) is 38.7 Å². The number of aliphatic carboxylic acids is 1. The number of hydrogen-bond donors (Lipinski definition) is 4. The maximum absolute atomic E-state index is 13.7. The first-order valence-electron chi connectivity index (χ1n) is 25.1. The number of nitrogens with one attached hydrogen (secondary N) is 2. The summed E-state index contributed by atoms with van der Waals surface area (Å²) in [5.41, 5.74) is 7.11. The third kappa shape index (κ3) is 35.9. The second-order valence-corrected chi connectivity index (χ2v) is 18.3. The minimum absolute atomic E-state index is 0.0130. The van der Waals surface area contributed by atoms with Gasteiger partial charge in [-0.2, -0.15) is 0 Å². The average molecular weight is 1030 g/mol. The molecule has 0 fully saturated rings. The van der Waals surface area contributed by atoms with Crippen LogP contribution >= 0.6 is 11.3 Å². The summed E-state index contributed by atoms with van der Waals surface area (Å²) in [5, 5.41) is 14.2. The molecule has 1 aliphatic rings. The molecule has 1 aliphatic heterocycles. The number of amidine groups is 1. The van der Waals surface area contributed by atoms with Crippen molar-refractivity contribution in [1.82, 2.24) is 15.5 Å². The Morgan fingerprint density at radius 3 is 1.58 bits per heavy atom. The molecule has 0 saturated heterocycles. The maximum atomic E-state index is 13.7. The molecule has 22 heteroatoms. The summed E-state index contributed by atoms with van der Waals surface area (Å²) >= 11 is 1.63. The number of carboxylic acids is 1. The lowest BCUT2D eigenvalue weighted by Crippen LogP contribution is -2.37. The summed E-state index contributed by atoms with van der Waals surface area (Å²) in [6, 6.07) is 2.06. The van der Waals surface area contributed by atoms with E-state index in [0.717, 1.165) is 42.7 Å². The molecule has 0 spiro atoms. The van der Waals surface area contributed by atoms with Crippen molar-refractivity contribution in [2.45, 2.75) is 91.1 Å². The van der Waals surface area contributed by atoms with E-state index in [1.165, 1.54) is 4.88 Å². The average Bonchev–Trinajstić information content (AvgIpc) is 3.62. The van der Waals surface area contributed by atoms with Gasteiger partial charge in [0.2, 0.25) is 11.8 Å². The van der Waals surface area contributed by atoms with Gasteiger partial charge in [-0.3, -0.25) is 14.4 Å². The molecular formula is C49H85N5O16S. The van der Waals surface area contributed by atoms with Gasteiger partial charge >= 0.3 is 12.1 Å². The highest BCUT2D eigenvalue weighted by Crippen LogP contribution is 2.35. The molecular weight excluding hydrogens is 947 g/mol. The summed E-state index contributed by atoms with van der Waals surface area (Å²) in [4.78, 5) is 56.9. The Balaban J connectivity index is 1.36. The van der Waals surface area contributed by atoms with Crippen molar-refractivity contribution in [2.24, 2.45) is 10.7 Å². The van der Waals surface area contributed by atoms with Gasteiger partial charge in [0.1, 0.15) is 11.4 Å². The molecule has 0 atom stereocenters. The van der Waals surface area contributed by atoms with E-state index in [9.17, 15) is 19.2 Å². The lowest BCUT2D eigenvalue weighted by atomic mass is 10.1. The van der Waals surface area contributed by atoms with Crippen molar-refractivity contribution in [1.29, 1.82) is 0 Å². The minimum atomic E-state index is -0.882. The Labute approximate surface area is 425 Å². The topological polar surface area (TPSA) is 256 Å². The number of carboxylic acid groups (broad SMARTS) is 1. The molecule has 1 aromatic heterocycles. The van der Waals surface area contributed by atoms with Gasteiger partial charge < -0.3 is 78.5 Å². The van der Waals surface area contributed by atoms with Crippen molar-refractivity contribution < 1.29 is 76.4 Å². The van der Waals surface area contributed by atoms with Crippen LogP contribution in [0.5, 0.6) is 0 Å². The van der Waals surface area contributed by atoms with E-state index >= 15 is 0 Å². The van der Waals surface area contributed by atoms with Gasteiger partial charge in [-0.25, -0.2) is 9.79 Å². The Kier molecular flexibility index (Phi) is 37.1. The summed E-state index contributed by atoms with van der Waals surface area (Å²) < 4.78 is 59.7. The highest BCUT2D eigenvalue weighted by Gasteiger charge is 2.23. The maximum Gasteiger partial charge on any atom is 0.407 e. The van der Waals surface area contributed by atoms with Gasteiger partial charge in [-0.1, -0.05) is 13.3 Å². The van der Waals surface area contributed by atoms with Crippen LogP contribution in [0.3, 0.4) is 0 Å². The van der Waals surface area contributed by atoms with Crippen molar-refractivity contribution in [2.75, 3.05) is 158 Å². The molecule has 71 heavy (non-hydrogen) atoms. The number of carbonyl (C=O) groups is 4. The van der Waals surface area contributed by atoms with E-state index < -0.39 is 17.7 Å². The van der Waals surface area contributed by atoms with Gasteiger partial charge in [0.05, 0.1) is 149 Å². The fourth-order valence-electron chi connectivity index (χ4n) is 6.38. The van der Waals surface area contributed by atoms with Gasteiger partial charge in [-0.15, -0.1) is 11.3 Å². The van der Waals surface area contributed by atoms with Crippen molar-refractivity contribution >= 4 is 52.8 Å². The Bertz CT molecular complexity index is 1640. The van der Waals surface area contributed by atoms with Crippen LogP contribution in [0.25, 0.3) is 6.08 Å². The first-order valence-corrected chi connectivity index (χ1v) is 25.9. The predicted molar refractivity (Wildman–Crippen MR) is 270 cm³/mol. The summed E-state index contributed by atoms with van der Waals surface area (Å²) in [5.74, 6) is -0.587. The normalized spacial score (nSPS) is 12.5. The highest BCUT2D eigenvalue weighted by atomic mass is 32.1. The van der Waals surface area contributed by atoms with Crippen LogP contribution in [0.2, 0.25) is 0 Å². The van der Waals surface area contributed by atoms with Crippen LogP contribution in [0.4, 0.5) is 10.5 Å². The SMILES string of the molecule is CCCN(CCCNC(=O)OC(C)(C)C)C(=O)C1=Cc2sc(CCCCCNC(=O)CCOCCOCCOCCOCCOCCOCCOCCOCCOCCOCCC(=O)O)cc2N=C(N)C1. The molecule has 0 aliphatic carbocycles. The number of aryl methyl sites for hydroxylation is 1. The lowest BCUT2D eigenvalue weighted by Gasteiger charge is -2.24. The quantitative estimate of drug-likeness (QED) is 0.0654. The number of amides is 3. The molecule has 0 saturated carbocycles. The van der Waals surface area contributed by atoms with Gasteiger partial charge in [-0.05, 0) is 65.0 Å². The molecule has 0 aromatic carbocycles. The van der Waals surface area contributed by atoms with Gasteiger partial charge in [0.15, 0.2) is 0 Å². The van der Waals surface area contributed by atoms with Crippen LogP contribution in [0.1, 0.15) is 88.8 Å². The number of aliphatic imine (C=N–C) groups is 1. The monoisotopic (exact) mass is 1030 g/mol. The zero-order valence-electron chi connectivity index (χ0n) is 42.9. The molecule has 0 unspecified atom stereocenters. The second kappa shape index (κ2) is 41.6. The third-order valence-electron chi connectivity index (χ3n) is 9.76. The Hall–Kier alpha value is -3.81. The molecule has 5 N–H and O–H groups in total. The largest absolute Gasteiger partial charge is 0.481 e. The van der Waals surface area contributed by atoms with Gasteiger partial charge in [0.25, 0.3) is 0 Å². The Morgan fingerprint density at radius 1 is 0.648 bits per heavy atom. The van der Waals surface area contributed by atoms with Crippen molar-refractivity contribution in [3.05, 3.63) is 21.4 Å². The van der Waals surface area contributed by atoms with E-state index in [4.69, 9.17) is 62.9 Å². The van der Waals surface area contributed by atoms with E-state index in [2.05, 4.69) is 21.7 Å². The molecule has 21 nitrogen and oxygen atoms in total. The van der Waals surface area contributed by atoms with Crippen molar-refractivity contribution in [3.63, 3.8) is 0 Å². The van der Waals surface area contributed by atoms with Crippen molar-refractivity contribution in [3.8, 4) is 0 Å². The number of rotatable bonds is 46. The fourth-order valence-corrected chi connectivity index (χ4v) is 7.49. The number of thiophene rings is 1. The van der Waals surface area contributed by atoms with Crippen LogP contribution in [0, 0.1) is 0 Å². The number of ether oxygens (including phenoxy) is 11. The number of hydrogen-bond acceptors (Lipinski definition) is 18. The summed E-state index contributed by atoms with van der Waals surface area (Å²) in [7, 11) is 0. The fraction of sp³-hybridized carbons (Fsp3) is 0.776. The number of nitrogens with two attached hydrogens (primary N) is 1. The van der Waals surface area contributed by atoms with Crippen LogP contribution in [-0.4, -0.2) is 204 Å². The first-order chi connectivity index (χ1) is 34.4. The summed E-state index contributed by atoms with van der Waals surface area (Å²) in [6.45, 7) is 18.0. The minimum Gasteiger partial charge on any atom is -0.481 e. The Morgan fingerprint density at radius 2 is 1.11 bits per heavy atom. The molecule has 408 valence electrons. The van der Waals surface area contributed by atoms with Gasteiger partial charge in [0, 0.05) is 49.5 Å². The number of nitrogens with zero attached hydrogens (tertiary/aromatic N) is 2. The van der Waals surface area contributed by atoms with Crippen LogP contribution in [0.15, 0.2) is 16.6 Å². The third-order valence-corrected chi connectivity index (χ3v) is 10.9. The molecule has 0 bridgehead atoms. The number of carbonyl (C=O) groups excluding carboxylic acids is 3. The van der Waals surface area contributed by atoms with Crippen LogP contribution in [-0.2, 0) is 72.9 Å². The number of alkyl carbamates (subject to hydrolysis) is 1. The number of fused-ring (bicyclic) bond motifs is 1. The molecule has 1 aromatic rings. The molecule has 2 rings (SSSR count). The van der Waals surface area contributed by atoms with E-state index in [-0.39, 0.29) is 37.7 Å². The lowest BCUT2D eigenvalue weighted by molar-refractivity contribution is -0.138. The first kappa shape index (κ1) is 63.3. The predicted octanol–water partition coefficient (Wildman–Crippen LogP) is 4.54. The zero-order valence-corrected chi connectivity index (χ0v) is 43.8. The smallest absolute Gasteiger partial charge is 0.407 e. The second-order valence-electron chi connectivity index (χ2n) is 17.2. The van der Waals surface area contributed by atoms with Crippen LogP contribution < -0.4 is 16.4 Å². The standard InChI is InChI=1S/C49H85N5O16S/c1-5-15-54(16-9-14-52-48(59)70-49(2,3)4)47(58)40-37-43-42(53-44(50)38-40)39-41(71-43)10-7-6-8-13-51-45(55)11-17-60-19-21-62-23-25-64-27-29-66-31-33-68-35-36-69-34-32-67-30-28-65-26-24-63-22-20-61-18-12-46(56)57/h37,39H,5-36,38H2,1-4H3,(H2,50,53)(H,51,55)(H,52,59)(H,56,57).